The van der Waals surface area contributed by atoms with Gasteiger partial charge in [-0.15, -0.1) is 0 Å². The van der Waals surface area contributed by atoms with Gasteiger partial charge in [0.1, 0.15) is 5.54 Å². The fourth-order valence-electron chi connectivity index (χ4n) is 2.74. The summed E-state index contributed by atoms with van der Waals surface area (Å²) in [5.74, 6) is 1.00. The molecule has 2 rings (SSSR count). The Hall–Kier alpha value is -1.02. The normalized spacial score (nSPS) is 18.9. The first-order valence-electron chi connectivity index (χ1n) is 7.72. The van der Waals surface area contributed by atoms with Gasteiger partial charge >= 0.3 is 0 Å². The molecule has 1 aliphatic heterocycles. The van der Waals surface area contributed by atoms with Gasteiger partial charge in [0.05, 0.1) is 6.07 Å². The summed E-state index contributed by atoms with van der Waals surface area (Å²) in [5.41, 5.74) is 0.510. The molecule has 1 atom stereocenters. The van der Waals surface area contributed by atoms with Crippen LogP contribution in [0.4, 0.5) is 0 Å². The average molecular weight is 304 g/mol. The van der Waals surface area contributed by atoms with Crippen LogP contribution < -0.4 is 5.32 Å². The minimum absolute atomic E-state index is 0.561. The lowest BCUT2D eigenvalue weighted by Crippen LogP contribution is -2.41. The molecule has 1 saturated heterocycles. The largest absolute Gasteiger partial charge is 0.381 e. The van der Waals surface area contributed by atoms with Gasteiger partial charge in [-0.05, 0) is 37.1 Å². The molecule has 0 aliphatic carbocycles. The van der Waals surface area contributed by atoms with Crippen molar-refractivity contribution in [3.05, 3.63) is 35.9 Å². The number of benzene rings is 1. The van der Waals surface area contributed by atoms with Crippen LogP contribution in [0.2, 0.25) is 0 Å². The standard InChI is InChI=1S/C17H24N2OS/c1-2-19-17(14-18,15-6-4-3-5-7-15)10-13-21-16-8-11-20-12-9-16/h3-7,16,19H,2,8-13H2,1H3. The SMILES string of the molecule is CCNC(C#N)(CCSC1CCOCC1)c1ccccc1. The molecule has 1 aromatic carbocycles. The molecule has 0 spiro atoms. The van der Waals surface area contributed by atoms with Gasteiger partial charge in [0.2, 0.25) is 0 Å². The highest BCUT2D eigenvalue weighted by Gasteiger charge is 2.31. The van der Waals surface area contributed by atoms with Crippen molar-refractivity contribution >= 4 is 11.8 Å². The molecule has 4 heteroatoms. The maximum atomic E-state index is 9.76. The predicted octanol–water partition coefficient (Wildman–Crippen LogP) is 3.32. The summed E-state index contributed by atoms with van der Waals surface area (Å²) in [6.07, 6.45) is 3.11. The van der Waals surface area contributed by atoms with Crippen molar-refractivity contribution in [2.45, 2.75) is 37.0 Å². The fourth-order valence-corrected chi connectivity index (χ4v) is 4.02. The van der Waals surface area contributed by atoms with Gasteiger partial charge in [-0.1, -0.05) is 37.3 Å². The third-order valence-corrected chi connectivity index (χ3v) is 5.32. The minimum Gasteiger partial charge on any atom is -0.381 e. The van der Waals surface area contributed by atoms with E-state index < -0.39 is 5.54 Å². The Morgan fingerprint density at radius 3 is 2.67 bits per heavy atom. The lowest BCUT2D eigenvalue weighted by Gasteiger charge is -2.29. The van der Waals surface area contributed by atoms with Crippen molar-refractivity contribution in [2.24, 2.45) is 0 Å². The van der Waals surface area contributed by atoms with Gasteiger partial charge < -0.3 is 4.74 Å². The molecule has 1 fully saturated rings. The molecule has 0 radical (unpaired) electrons. The first kappa shape index (κ1) is 16.4. The summed E-state index contributed by atoms with van der Waals surface area (Å²) in [6, 6.07) is 12.6. The van der Waals surface area contributed by atoms with Gasteiger partial charge in [-0.25, -0.2) is 0 Å². The molecule has 3 nitrogen and oxygen atoms in total. The Labute approximate surface area is 132 Å². The highest BCUT2D eigenvalue weighted by atomic mass is 32.2. The summed E-state index contributed by atoms with van der Waals surface area (Å²) in [6.45, 7) is 4.62. The van der Waals surface area contributed by atoms with Gasteiger partial charge in [0, 0.05) is 18.5 Å². The second kappa shape index (κ2) is 8.43. The Bertz CT molecular complexity index is 454. The van der Waals surface area contributed by atoms with Crippen molar-refractivity contribution in [1.29, 1.82) is 5.26 Å². The second-order valence-corrected chi connectivity index (χ2v) is 6.75. The fraction of sp³-hybridized carbons (Fsp3) is 0.588. The van der Waals surface area contributed by atoms with Crippen LogP contribution in [0.25, 0.3) is 0 Å². The summed E-state index contributed by atoms with van der Waals surface area (Å²) < 4.78 is 5.40. The van der Waals surface area contributed by atoms with Crippen molar-refractivity contribution < 1.29 is 4.74 Å². The number of nitriles is 1. The van der Waals surface area contributed by atoms with Crippen molar-refractivity contribution in [3.8, 4) is 6.07 Å². The van der Waals surface area contributed by atoms with E-state index in [1.807, 2.05) is 42.1 Å². The molecule has 1 N–H and O–H groups in total. The van der Waals surface area contributed by atoms with Gasteiger partial charge in [0.25, 0.3) is 0 Å². The zero-order valence-electron chi connectivity index (χ0n) is 12.7. The Balaban J connectivity index is 1.98. The molecule has 0 saturated carbocycles. The quantitative estimate of drug-likeness (QED) is 0.839. The summed E-state index contributed by atoms with van der Waals surface area (Å²) in [4.78, 5) is 0. The minimum atomic E-state index is -0.561. The van der Waals surface area contributed by atoms with E-state index in [0.717, 1.165) is 50.3 Å². The topological polar surface area (TPSA) is 45.0 Å². The lowest BCUT2D eigenvalue weighted by molar-refractivity contribution is 0.1000. The number of ether oxygens (including phenoxy) is 1. The Kier molecular flexibility index (Phi) is 6.56. The predicted molar refractivity (Wildman–Crippen MR) is 88.3 cm³/mol. The summed E-state index contributed by atoms with van der Waals surface area (Å²) in [7, 11) is 0. The number of hydrogen-bond acceptors (Lipinski definition) is 4. The van der Waals surface area contributed by atoms with Crippen molar-refractivity contribution in [1.82, 2.24) is 5.32 Å². The van der Waals surface area contributed by atoms with Crippen LogP contribution >= 0.6 is 11.8 Å². The summed E-state index contributed by atoms with van der Waals surface area (Å²) in [5, 5.41) is 13.8. The van der Waals surface area contributed by atoms with E-state index in [4.69, 9.17) is 4.74 Å². The van der Waals surface area contributed by atoms with E-state index >= 15 is 0 Å². The lowest BCUT2D eigenvalue weighted by atomic mass is 9.88. The maximum absolute atomic E-state index is 9.76. The molecule has 0 aromatic heterocycles. The molecule has 0 bridgehead atoms. The van der Waals surface area contributed by atoms with Crippen LogP contribution in [0.5, 0.6) is 0 Å². The highest BCUT2D eigenvalue weighted by Crippen LogP contribution is 2.29. The van der Waals surface area contributed by atoms with E-state index in [1.54, 1.807) is 0 Å². The first-order chi connectivity index (χ1) is 10.3. The van der Waals surface area contributed by atoms with Gasteiger partial charge in [-0.3, -0.25) is 5.32 Å². The van der Waals surface area contributed by atoms with Crippen molar-refractivity contribution in [2.75, 3.05) is 25.5 Å². The highest BCUT2D eigenvalue weighted by molar-refractivity contribution is 7.99. The Morgan fingerprint density at radius 1 is 1.33 bits per heavy atom. The number of hydrogen-bond donors (Lipinski definition) is 1. The number of nitrogens with one attached hydrogen (secondary N) is 1. The molecule has 1 unspecified atom stereocenters. The number of nitrogens with zero attached hydrogens (tertiary/aromatic N) is 1. The average Bonchev–Trinajstić information content (AvgIpc) is 2.56. The van der Waals surface area contributed by atoms with E-state index in [0.29, 0.717) is 5.25 Å². The van der Waals surface area contributed by atoms with Crippen LogP contribution in [0.3, 0.4) is 0 Å². The van der Waals surface area contributed by atoms with Gasteiger partial charge in [0.15, 0.2) is 0 Å². The molecule has 1 aromatic rings. The zero-order valence-corrected chi connectivity index (χ0v) is 13.5. The molecular weight excluding hydrogens is 280 g/mol. The maximum Gasteiger partial charge on any atom is 0.133 e. The van der Waals surface area contributed by atoms with Crippen LogP contribution in [0, 0.1) is 11.3 Å². The second-order valence-electron chi connectivity index (χ2n) is 5.35. The molecule has 1 aliphatic rings. The number of thioether (sulfide) groups is 1. The third kappa shape index (κ3) is 4.47. The summed E-state index contributed by atoms with van der Waals surface area (Å²) >= 11 is 1.99. The van der Waals surface area contributed by atoms with E-state index in [1.165, 1.54) is 0 Å². The zero-order chi connectivity index (χ0) is 15.0. The molecule has 1 heterocycles. The Morgan fingerprint density at radius 2 is 2.05 bits per heavy atom. The van der Waals surface area contributed by atoms with E-state index in [-0.39, 0.29) is 0 Å². The van der Waals surface area contributed by atoms with Crippen LogP contribution in [0.15, 0.2) is 30.3 Å². The first-order valence-corrected chi connectivity index (χ1v) is 8.77. The van der Waals surface area contributed by atoms with E-state index in [9.17, 15) is 5.26 Å². The monoisotopic (exact) mass is 304 g/mol. The molecular formula is C17H24N2OS. The third-order valence-electron chi connectivity index (χ3n) is 3.93. The van der Waals surface area contributed by atoms with E-state index in [2.05, 4.69) is 18.3 Å². The molecule has 0 amide bonds. The van der Waals surface area contributed by atoms with Crippen LogP contribution in [0.1, 0.15) is 31.7 Å². The van der Waals surface area contributed by atoms with Crippen LogP contribution in [-0.4, -0.2) is 30.8 Å². The van der Waals surface area contributed by atoms with Crippen molar-refractivity contribution in [3.63, 3.8) is 0 Å². The molecule has 21 heavy (non-hydrogen) atoms. The smallest absolute Gasteiger partial charge is 0.133 e. The van der Waals surface area contributed by atoms with Crippen LogP contribution in [-0.2, 0) is 10.3 Å². The molecule has 114 valence electrons. The number of rotatable bonds is 7. The van der Waals surface area contributed by atoms with Gasteiger partial charge in [-0.2, -0.15) is 17.0 Å².